The van der Waals surface area contributed by atoms with Crippen LogP contribution < -0.4 is 11.1 Å². The van der Waals surface area contributed by atoms with Crippen LogP contribution in [-0.4, -0.2) is 45.2 Å². The Bertz CT molecular complexity index is 464. The van der Waals surface area contributed by atoms with Crippen molar-refractivity contribution in [1.29, 1.82) is 0 Å². The van der Waals surface area contributed by atoms with Crippen molar-refractivity contribution in [1.82, 2.24) is 4.90 Å². The maximum Gasteiger partial charge on any atom is 0.340 e. The maximum absolute atomic E-state index is 11.7. The highest BCUT2D eigenvalue weighted by Crippen LogP contribution is 2.29. The fraction of sp³-hybridized carbons (Fsp3) is 0.500. The van der Waals surface area contributed by atoms with Gasteiger partial charge in [0.1, 0.15) is 0 Å². The molecule has 0 heterocycles. The first-order chi connectivity index (χ1) is 9.45. The standard InChI is InChI=1S/C14H22ClN3O2/c1-18(2)7-5-4-6-17-13-11(14(19)20-3)8-10(16)9-12(13)15/h8-9,17H,4-7,16H2,1-3H3. The molecule has 0 aliphatic heterocycles. The highest BCUT2D eigenvalue weighted by atomic mass is 35.5. The fourth-order valence-electron chi connectivity index (χ4n) is 1.84. The molecule has 0 atom stereocenters. The first-order valence-corrected chi connectivity index (χ1v) is 6.89. The summed E-state index contributed by atoms with van der Waals surface area (Å²) in [5.41, 5.74) is 7.09. The number of carbonyl (C=O) groups excluding carboxylic acids is 1. The van der Waals surface area contributed by atoms with Gasteiger partial charge in [-0.3, -0.25) is 0 Å². The van der Waals surface area contributed by atoms with Crippen LogP contribution in [0.3, 0.4) is 0 Å². The van der Waals surface area contributed by atoms with Crippen molar-refractivity contribution in [3.63, 3.8) is 0 Å². The Hall–Kier alpha value is -1.46. The lowest BCUT2D eigenvalue weighted by Gasteiger charge is -2.14. The zero-order valence-corrected chi connectivity index (χ0v) is 13.0. The number of nitrogens with zero attached hydrogens (tertiary/aromatic N) is 1. The van der Waals surface area contributed by atoms with Crippen LogP contribution in [0.2, 0.25) is 5.02 Å². The van der Waals surface area contributed by atoms with Crippen LogP contribution in [-0.2, 0) is 4.74 Å². The highest BCUT2D eigenvalue weighted by molar-refractivity contribution is 6.34. The number of nitrogen functional groups attached to an aromatic ring is 1. The van der Waals surface area contributed by atoms with Crippen LogP contribution in [0, 0.1) is 0 Å². The number of methoxy groups -OCH3 is 1. The Kier molecular flexibility index (Phi) is 6.61. The lowest BCUT2D eigenvalue weighted by atomic mass is 10.1. The second-order valence-corrected chi connectivity index (χ2v) is 5.26. The second kappa shape index (κ2) is 7.97. The average Bonchev–Trinajstić information content (AvgIpc) is 2.38. The molecule has 20 heavy (non-hydrogen) atoms. The third-order valence-corrected chi connectivity index (χ3v) is 3.15. The number of hydrogen-bond donors (Lipinski definition) is 2. The molecule has 1 aromatic carbocycles. The van der Waals surface area contributed by atoms with Gasteiger partial charge in [0.15, 0.2) is 0 Å². The molecule has 0 radical (unpaired) electrons. The Labute approximate surface area is 125 Å². The second-order valence-electron chi connectivity index (χ2n) is 4.85. The van der Waals surface area contributed by atoms with Crippen LogP contribution in [0.1, 0.15) is 23.2 Å². The smallest absolute Gasteiger partial charge is 0.340 e. The molecular formula is C14H22ClN3O2. The lowest BCUT2D eigenvalue weighted by molar-refractivity contribution is 0.0602. The van der Waals surface area contributed by atoms with Crippen molar-refractivity contribution >= 4 is 28.9 Å². The molecule has 112 valence electrons. The number of nitrogens with two attached hydrogens (primary N) is 1. The normalized spacial score (nSPS) is 10.7. The van der Waals surface area contributed by atoms with Crippen molar-refractivity contribution in [3.8, 4) is 0 Å². The minimum absolute atomic E-state index is 0.366. The summed E-state index contributed by atoms with van der Waals surface area (Å²) in [4.78, 5) is 13.9. The van der Waals surface area contributed by atoms with Gasteiger partial charge in [0.05, 0.1) is 23.4 Å². The number of halogens is 1. The summed E-state index contributed by atoms with van der Waals surface area (Å²) >= 11 is 6.14. The molecule has 0 bridgehead atoms. The molecule has 0 unspecified atom stereocenters. The van der Waals surface area contributed by atoms with Crippen LogP contribution in [0.25, 0.3) is 0 Å². The molecule has 0 aliphatic rings. The summed E-state index contributed by atoms with van der Waals surface area (Å²) in [5, 5.41) is 3.62. The molecule has 6 heteroatoms. The third-order valence-electron chi connectivity index (χ3n) is 2.85. The van der Waals surface area contributed by atoms with Gasteiger partial charge in [0, 0.05) is 12.2 Å². The van der Waals surface area contributed by atoms with Crippen molar-refractivity contribution in [2.24, 2.45) is 0 Å². The zero-order valence-electron chi connectivity index (χ0n) is 12.2. The van der Waals surface area contributed by atoms with E-state index in [4.69, 9.17) is 22.1 Å². The van der Waals surface area contributed by atoms with Crippen LogP contribution in [0.5, 0.6) is 0 Å². The van der Waals surface area contributed by atoms with E-state index in [9.17, 15) is 4.79 Å². The highest BCUT2D eigenvalue weighted by Gasteiger charge is 2.15. The fourth-order valence-corrected chi connectivity index (χ4v) is 2.14. The van der Waals surface area contributed by atoms with E-state index in [1.807, 2.05) is 14.1 Å². The summed E-state index contributed by atoms with van der Waals surface area (Å²) in [6, 6.07) is 3.19. The molecule has 0 aromatic heterocycles. The van der Waals surface area contributed by atoms with E-state index in [1.54, 1.807) is 12.1 Å². The first kappa shape index (κ1) is 16.6. The Balaban J connectivity index is 2.70. The Morgan fingerprint density at radius 3 is 2.70 bits per heavy atom. The van der Waals surface area contributed by atoms with Gasteiger partial charge in [0.2, 0.25) is 0 Å². The van der Waals surface area contributed by atoms with E-state index >= 15 is 0 Å². The molecule has 0 spiro atoms. The number of nitrogens with one attached hydrogen (secondary N) is 1. The Morgan fingerprint density at radius 1 is 1.40 bits per heavy atom. The van der Waals surface area contributed by atoms with E-state index in [0.29, 0.717) is 22.0 Å². The topological polar surface area (TPSA) is 67.6 Å². The average molecular weight is 300 g/mol. The number of rotatable bonds is 7. The molecule has 0 saturated carbocycles. The number of ether oxygens (including phenoxy) is 1. The number of esters is 1. The Morgan fingerprint density at radius 2 is 2.10 bits per heavy atom. The van der Waals surface area contributed by atoms with Gasteiger partial charge in [-0.25, -0.2) is 4.79 Å². The van der Waals surface area contributed by atoms with E-state index in [-0.39, 0.29) is 0 Å². The number of unbranched alkanes of at least 4 members (excludes halogenated alkanes) is 1. The lowest BCUT2D eigenvalue weighted by Crippen LogP contribution is -2.15. The minimum atomic E-state index is -0.449. The zero-order chi connectivity index (χ0) is 15.1. The molecular weight excluding hydrogens is 278 g/mol. The van der Waals surface area contributed by atoms with Gasteiger partial charge in [-0.15, -0.1) is 0 Å². The van der Waals surface area contributed by atoms with Crippen LogP contribution >= 0.6 is 11.6 Å². The van der Waals surface area contributed by atoms with Gasteiger partial charge < -0.3 is 20.7 Å². The van der Waals surface area contributed by atoms with Crippen molar-refractivity contribution in [3.05, 3.63) is 22.7 Å². The summed E-state index contributed by atoms with van der Waals surface area (Å²) in [6.07, 6.45) is 2.06. The van der Waals surface area contributed by atoms with E-state index < -0.39 is 5.97 Å². The molecule has 0 aliphatic carbocycles. The molecule has 5 nitrogen and oxygen atoms in total. The molecule has 1 rings (SSSR count). The summed E-state index contributed by atoms with van der Waals surface area (Å²) < 4.78 is 4.75. The number of hydrogen-bond acceptors (Lipinski definition) is 5. The summed E-state index contributed by atoms with van der Waals surface area (Å²) in [5.74, 6) is -0.449. The van der Waals surface area contributed by atoms with Gasteiger partial charge in [-0.2, -0.15) is 0 Å². The van der Waals surface area contributed by atoms with Gasteiger partial charge in [0.25, 0.3) is 0 Å². The quantitative estimate of drug-likeness (QED) is 0.460. The third kappa shape index (κ3) is 4.90. The summed E-state index contributed by atoms with van der Waals surface area (Å²) in [7, 11) is 5.42. The van der Waals surface area contributed by atoms with Gasteiger partial charge in [-0.05, 0) is 45.6 Å². The first-order valence-electron chi connectivity index (χ1n) is 6.51. The van der Waals surface area contributed by atoms with Crippen LogP contribution in [0.15, 0.2) is 12.1 Å². The van der Waals surface area contributed by atoms with E-state index in [1.165, 1.54) is 7.11 Å². The number of anilines is 2. The predicted octanol–water partition coefficient (Wildman–Crippen LogP) is 2.46. The van der Waals surface area contributed by atoms with E-state index in [0.717, 1.165) is 25.9 Å². The van der Waals surface area contributed by atoms with Crippen molar-refractivity contribution < 1.29 is 9.53 Å². The van der Waals surface area contributed by atoms with Gasteiger partial charge in [-0.1, -0.05) is 11.6 Å². The molecule has 0 amide bonds. The predicted molar refractivity (Wildman–Crippen MR) is 83.5 cm³/mol. The molecule has 0 fully saturated rings. The SMILES string of the molecule is COC(=O)c1cc(N)cc(Cl)c1NCCCCN(C)C. The van der Waals surface area contributed by atoms with Gasteiger partial charge >= 0.3 is 5.97 Å². The van der Waals surface area contributed by atoms with Crippen molar-refractivity contribution in [2.45, 2.75) is 12.8 Å². The molecule has 3 N–H and O–H groups in total. The molecule has 1 aromatic rings. The maximum atomic E-state index is 11.7. The minimum Gasteiger partial charge on any atom is -0.465 e. The van der Waals surface area contributed by atoms with Crippen molar-refractivity contribution in [2.75, 3.05) is 45.3 Å². The molecule has 0 saturated heterocycles. The number of benzene rings is 1. The summed E-state index contributed by atoms with van der Waals surface area (Å²) in [6.45, 7) is 1.77. The van der Waals surface area contributed by atoms with E-state index in [2.05, 4.69) is 10.2 Å². The van der Waals surface area contributed by atoms with Crippen LogP contribution in [0.4, 0.5) is 11.4 Å². The monoisotopic (exact) mass is 299 g/mol. The number of carbonyl (C=O) groups is 1. The largest absolute Gasteiger partial charge is 0.465 e.